The van der Waals surface area contributed by atoms with E-state index in [1.807, 2.05) is 0 Å². The van der Waals surface area contributed by atoms with E-state index < -0.39 is 50.9 Å². The highest BCUT2D eigenvalue weighted by Gasteiger charge is 2.48. The van der Waals surface area contributed by atoms with Gasteiger partial charge in [0.2, 0.25) is 5.91 Å². The number of ether oxygens (including phenoxy) is 1. The number of aliphatic hydroxyl groups is 2. The summed E-state index contributed by atoms with van der Waals surface area (Å²) < 4.78 is 20.1. The van der Waals surface area contributed by atoms with Crippen LogP contribution in [0.2, 0.25) is 0 Å². The van der Waals surface area contributed by atoms with Crippen LogP contribution in [0.15, 0.2) is 4.99 Å². The fraction of sp³-hybridized carbons (Fsp3) is 0.667. The number of carbonyl (C=O) groups is 1. The van der Waals surface area contributed by atoms with Gasteiger partial charge >= 0.3 is 7.82 Å². The van der Waals surface area contributed by atoms with E-state index in [0.717, 1.165) is 11.2 Å². The molecule has 2 rings (SSSR count). The largest absolute Gasteiger partial charge is 0.469 e. The van der Waals surface area contributed by atoms with E-state index in [9.17, 15) is 19.6 Å². The lowest BCUT2D eigenvalue weighted by Gasteiger charge is -2.25. The summed E-state index contributed by atoms with van der Waals surface area (Å²) in [6.07, 6.45) is -4.46. The fourth-order valence-electron chi connectivity index (χ4n) is 2.09. The summed E-state index contributed by atoms with van der Waals surface area (Å²) in [4.78, 5) is 33.0. The van der Waals surface area contributed by atoms with Crippen molar-refractivity contribution in [2.24, 2.45) is 10.7 Å². The Morgan fingerprint density at radius 1 is 1.50 bits per heavy atom. The molecule has 0 unspecified atom stereocenters. The number of nitrogens with two attached hydrogens (primary N) is 1. The zero-order valence-corrected chi connectivity index (χ0v) is 11.9. The van der Waals surface area contributed by atoms with Crippen LogP contribution in [0.4, 0.5) is 0 Å². The van der Waals surface area contributed by atoms with Gasteiger partial charge in [-0.05, 0) is 0 Å². The molecule has 0 aromatic carbocycles. The van der Waals surface area contributed by atoms with Crippen molar-refractivity contribution in [1.82, 2.24) is 4.90 Å². The van der Waals surface area contributed by atoms with E-state index in [1.165, 1.54) is 0 Å². The van der Waals surface area contributed by atoms with Gasteiger partial charge in [0.05, 0.1) is 12.9 Å². The van der Waals surface area contributed by atoms with Crippen LogP contribution in [0.1, 0.15) is 0 Å². The van der Waals surface area contributed by atoms with Gasteiger partial charge in [0.25, 0.3) is 0 Å². The van der Waals surface area contributed by atoms with Crippen LogP contribution in [-0.4, -0.2) is 80.2 Å². The van der Waals surface area contributed by atoms with Crippen molar-refractivity contribution in [3.63, 3.8) is 0 Å². The molecule has 2 aliphatic heterocycles. The SMILES string of the molecule is N=C1[C@@H](C(N)=O)N=CN1[C@@H]1O[C@H](COP(=O)(O)O)[C@@H](O)[C@H]1O. The summed E-state index contributed by atoms with van der Waals surface area (Å²) >= 11 is 0. The van der Waals surface area contributed by atoms with Crippen molar-refractivity contribution >= 4 is 25.9 Å². The molecule has 1 fully saturated rings. The Hall–Kier alpha value is -1.40. The lowest BCUT2D eigenvalue weighted by atomic mass is 10.1. The maximum Gasteiger partial charge on any atom is 0.469 e. The smallest absolute Gasteiger partial charge is 0.387 e. The average molecular weight is 338 g/mol. The van der Waals surface area contributed by atoms with Gasteiger partial charge in [-0.3, -0.25) is 24.6 Å². The molecule has 2 heterocycles. The molecule has 22 heavy (non-hydrogen) atoms. The number of hydrogen-bond acceptors (Lipinski definition) is 8. The van der Waals surface area contributed by atoms with Crippen LogP contribution in [0.25, 0.3) is 0 Å². The van der Waals surface area contributed by atoms with Gasteiger partial charge in [0.1, 0.15) is 24.1 Å². The van der Waals surface area contributed by atoms with Crippen LogP contribution in [0.3, 0.4) is 0 Å². The molecule has 0 aliphatic carbocycles. The summed E-state index contributed by atoms with van der Waals surface area (Å²) in [5, 5.41) is 27.5. The third-order valence-corrected chi connectivity index (χ3v) is 3.65. The third-order valence-electron chi connectivity index (χ3n) is 3.17. The Morgan fingerprint density at radius 3 is 2.64 bits per heavy atom. The van der Waals surface area contributed by atoms with Gasteiger partial charge in [-0.2, -0.15) is 0 Å². The Bertz CT molecular complexity index is 550. The lowest BCUT2D eigenvalue weighted by molar-refractivity contribution is -0.117. The number of aliphatic imine (C=N–C) groups is 1. The quantitative estimate of drug-likeness (QED) is 0.278. The highest BCUT2D eigenvalue weighted by atomic mass is 31.2. The third kappa shape index (κ3) is 3.33. The van der Waals surface area contributed by atoms with Crippen molar-refractivity contribution in [2.75, 3.05) is 6.61 Å². The number of phosphoric ester groups is 1. The van der Waals surface area contributed by atoms with Gasteiger partial charge in [0, 0.05) is 0 Å². The van der Waals surface area contributed by atoms with E-state index in [-0.39, 0.29) is 5.84 Å². The Kier molecular flexibility index (Phi) is 4.63. The predicted molar refractivity (Wildman–Crippen MR) is 69.7 cm³/mol. The molecule has 0 bridgehead atoms. The number of nitrogens with zero attached hydrogens (tertiary/aromatic N) is 2. The molecule has 0 spiro atoms. The molecule has 0 radical (unpaired) electrons. The van der Waals surface area contributed by atoms with Gasteiger partial charge in [-0.25, -0.2) is 4.57 Å². The second-order valence-corrected chi connectivity index (χ2v) is 5.93. The van der Waals surface area contributed by atoms with Gasteiger partial charge in [-0.15, -0.1) is 0 Å². The number of amidine groups is 1. The number of aliphatic hydroxyl groups excluding tert-OH is 2. The maximum atomic E-state index is 11.1. The second kappa shape index (κ2) is 6.01. The van der Waals surface area contributed by atoms with Crippen molar-refractivity contribution in [2.45, 2.75) is 30.6 Å². The Morgan fingerprint density at radius 2 is 2.14 bits per heavy atom. The van der Waals surface area contributed by atoms with Crippen LogP contribution >= 0.6 is 7.82 Å². The highest BCUT2D eigenvalue weighted by Crippen LogP contribution is 2.37. The number of amides is 1. The molecule has 0 aromatic heterocycles. The lowest BCUT2D eigenvalue weighted by Crippen LogP contribution is -2.48. The standard InChI is InChI=1S/C9H15N4O8P/c10-7-4(8(11)16)12-2-13(7)9-6(15)5(14)3(21-9)1-20-22(17,18)19/h2-6,9-10,14-15H,1H2,(H2,11,16)(H2,17,18,19)/t3-,4+,5-,6-,9-/m1/s1. The Labute approximate surface area is 123 Å². The summed E-state index contributed by atoms with van der Waals surface area (Å²) in [5.74, 6) is -1.21. The zero-order valence-electron chi connectivity index (χ0n) is 11.0. The average Bonchev–Trinajstić information content (AvgIpc) is 2.90. The molecular formula is C9H15N4O8P. The summed E-state index contributed by atoms with van der Waals surface area (Å²) in [7, 11) is -4.76. The summed E-state index contributed by atoms with van der Waals surface area (Å²) in [6.45, 7) is -0.670. The Balaban J connectivity index is 2.05. The monoisotopic (exact) mass is 338 g/mol. The highest BCUT2D eigenvalue weighted by molar-refractivity contribution is 7.46. The number of phosphoric acid groups is 1. The minimum Gasteiger partial charge on any atom is -0.387 e. The maximum absolute atomic E-state index is 11.1. The first kappa shape index (κ1) is 17.0. The second-order valence-electron chi connectivity index (χ2n) is 4.69. The molecule has 1 saturated heterocycles. The number of primary amides is 1. The fourth-order valence-corrected chi connectivity index (χ4v) is 2.43. The molecule has 124 valence electrons. The molecule has 7 N–H and O–H groups in total. The summed E-state index contributed by atoms with van der Waals surface area (Å²) in [5.41, 5.74) is 5.05. The molecule has 2 aliphatic rings. The first-order valence-electron chi connectivity index (χ1n) is 6.03. The predicted octanol–water partition coefficient (Wildman–Crippen LogP) is -3.28. The molecular weight excluding hydrogens is 323 g/mol. The van der Waals surface area contributed by atoms with Gasteiger partial charge < -0.3 is 30.5 Å². The van der Waals surface area contributed by atoms with Crippen molar-refractivity contribution in [3.05, 3.63) is 0 Å². The van der Waals surface area contributed by atoms with E-state index in [2.05, 4.69) is 9.52 Å². The van der Waals surface area contributed by atoms with Crippen molar-refractivity contribution in [1.29, 1.82) is 5.41 Å². The van der Waals surface area contributed by atoms with E-state index in [1.54, 1.807) is 0 Å². The van der Waals surface area contributed by atoms with Crippen LogP contribution in [-0.2, 0) is 18.6 Å². The topological polar surface area (TPSA) is 199 Å². The normalized spacial score (nSPS) is 35.4. The van der Waals surface area contributed by atoms with Gasteiger partial charge in [0.15, 0.2) is 12.3 Å². The molecule has 5 atom stereocenters. The van der Waals surface area contributed by atoms with E-state index in [4.69, 9.17) is 25.7 Å². The number of nitrogens with one attached hydrogen (secondary N) is 1. The zero-order chi connectivity index (χ0) is 16.7. The molecule has 13 heteroatoms. The molecule has 0 aromatic rings. The summed E-state index contributed by atoms with van der Waals surface area (Å²) in [6, 6.07) is -1.22. The van der Waals surface area contributed by atoms with Crippen LogP contribution < -0.4 is 5.73 Å². The van der Waals surface area contributed by atoms with Crippen LogP contribution in [0.5, 0.6) is 0 Å². The van der Waals surface area contributed by atoms with Crippen LogP contribution in [0, 0.1) is 5.41 Å². The van der Waals surface area contributed by atoms with E-state index >= 15 is 0 Å². The first-order chi connectivity index (χ1) is 10.1. The minimum absolute atomic E-state index is 0.347. The molecule has 12 nitrogen and oxygen atoms in total. The number of hydrogen-bond donors (Lipinski definition) is 6. The van der Waals surface area contributed by atoms with Crippen molar-refractivity contribution in [3.8, 4) is 0 Å². The first-order valence-corrected chi connectivity index (χ1v) is 7.56. The minimum atomic E-state index is -4.76. The molecule has 1 amide bonds. The van der Waals surface area contributed by atoms with E-state index in [0.29, 0.717) is 0 Å². The van der Waals surface area contributed by atoms with Crippen molar-refractivity contribution < 1.29 is 38.6 Å². The van der Waals surface area contributed by atoms with Gasteiger partial charge in [-0.1, -0.05) is 0 Å². The number of rotatable bonds is 5. The number of carbonyl (C=O) groups excluding carboxylic acids is 1. The molecule has 0 saturated carbocycles.